The van der Waals surface area contributed by atoms with Crippen LogP contribution in [0.4, 0.5) is 0 Å². The fraction of sp³-hybridized carbons (Fsp3) is 0.833. The molecule has 0 amide bonds. The van der Waals surface area contributed by atoms with Crippen LogP contribution in [-0.2, 0) is 0 Å². The molecule has 0 spiro atoms. The van der Waals surface area contributed by atoms with Crippen LogP contribution in [0.2, 0.25) is 0 Å². The van der Waals surface area contributed by atoms with Crippen LogP contribution in [0.15, 0.2) is 12.2 Å². The van der Waals surface area contributed by atoms with E-state index in [9.17, 15) is 0 Å². The van der Waals surface area contributed by atoms with E-state index in [1.54, 1.807) is 0 Å². The van der Waals surface area contributed by atoms with Crippen LogP contribution in [0.5, 0.6) is 0 Å². The summed E-state index contributed by atoms with van der Waals surface area (Å²) in [5.74, 6) is 1.75. The molecule has 0 aliphatic heterocycles. The number of aliphatic hydroxyl groups is 1. The van der Waals surface area contributed by atoms with Crippen molar-refractivity contribution < 1.29 is 5.11 Å². The summed E-state index contributed by atoms with van der Waals surface area (Å²) in [6.45, 7) is 2.55. The molecule has 4 atom stereocenters. The first-order chi connectivity index (χ1) is 6.81. The average Bonchev–Trinajstić information content (AvgIpc) is 2.53. The molecule has 2 N–H and O–H groups in total. The van der Waals surface area contributed by atoms with Gasteiger partial charge >= 0.3 is 0 Å². The second-order valence-electron chi connectivity index (χ2n) is 4.78. The number of nitrogens with one attached hydrogen (secondary N) is 1. The molecule has 2 rings (SSSR count). The molecule has 80 valence electrons. The maximum absolute atomic E-state index is 8.73. The van der Waals surface area contributed by atoms with E-state index in [0.29, 0.717) is 18.7 Å². The van der Waals surface area contributed by atoms with Gasteiger partial charge in [0, 0.05) is 18.7 Å². The highest BCUT2D eigenvalue weighted by molar-refractivity contribution is 5.13. The molecular weight excluding hydrogens is 174 g/mol. The lowest BCUT2D eigenvalue weighted by Crippen LogP contribution is -2.51. The minimum absolute atomic E-state index is 0.322. The van der Waals surface area contributed by atoms with Crippen LogP contribution in [0, 0.1) is 11.8 Å². The first-order valence-corrected chi connectivity index (χ1v) is 5.85. The van der Waals surface area contributed by atoms with Gasteiger partial charge in [0.15, 0.2) is 0 Å². The van der Waals surface area contributed by atoms with Crippen molar-refractivity contribution in [3.63, 3.8) is 0 Å². The second kappa shape index (κ2) is 4.45. The van der Waals surface area contributed by atoms with E-state index < -0.39 is 0 Å². The van der Waals surface area contributed by atoms with Crippen LogP contribution in [-0.4, -0.2) is 23.8 Å². The highest BCUT2D eigenvalue weighted by Gasteiger charge is 2.40. The van der Waals surface area contributed by atoms with Gasteiger partial charge in [0.2, 0.25) is 0 Å². The smallest absolute Gasteiger partial charge is 0.0431 e. The van der Waals surface area contributed by atoms with Crippen molar-refractivity contribution in [3.8, 4) is 0 Å². The van der Waals surface area contributed by atoms with E-state index in [4.69, 9.17) is 5.11 Å². The fourth-order valence-corrected chi connectivity index (χ4v) is 2.75. The molecule has 0 aromatic rings. The molecule has 0 saturated heterocycles. The monoisotopic (exact) mass is 195 g/mol. The van der Waals surface area contributed by atoms with E-state index in [2.05, 4.69) is 24.4 Å². The van der Waals surface area contributed by atoms with E-state index in [-0.39, 0.29) is 0 Å². The van der Waals surface area contributed by atoms with Crippen LogP contribution in [0.25, 0.3) is 0 Å². The van der Waals surface area contributed by atoms with Crippen LogP contribution < -0.4 is 5.32 Å². The number of aliphatic hydroxyl groups excluding tert-OH is 1. The summed E-state index contributed by atoms with van der Waals surface area (Å²) >= 11 is 0. The van der Waals surface area contributed by atoms with Crippen molar-refractivity contribution >= 4 is 0 Å². The zero-order chi connectivity index (χ0) is 9.97. The molecule has 2 aliphatic rings. The van der Waals surface area contributed by atoms with Gasteiger partial charge in [0.25, 0.3) is 0 Å². The number of rotatable bonds is 5. The number of allylic oxidation sites excluding steroid dienone is 1. The van der Waals surface area contributed by atoms with E-state index in [1.807, 2.05) is 0 Å². The zero-order valence-electron chi connectivity index (χ0n) is 8.95. The standard InChI is InChI=1S/C12H21NO/c1-9(4-3-7-14)13-12-8-10-5-2-6-11(10)12/h2,6,9-14H,3-5,7-8H2,1H3. The lowest BCUT2D eigenvalue weighted by molar-refractivity contribution is 0.148. The van der Waals surface area contributed by atoms with Crippen molar-refractivity contribution in [2.45, 2.75) is 44.7 Å². The van der Waals surface area contributed by atoms with Gasteiger partial charge in [-0.05, 0) is 44.4 Å². The van der Waals surface area contributed by atoms with Crippen molar-refractivity contribution in [2.75, 3.05) is 6.61 Å². The molecule has 1 saturated carbocycles. The first kappa shape index (κ1) is 10.2. The molecule has 4 unspecified atom stereocenters. The van der Waals surface area contributed by atoms with Gasteiger partial charge in [-0.25, -0.2) is 0 Å². The minimum atomic E-state index is 0.322. The highest BCUT2D eigenvalue weighted by Crippen LogP contribution is 2.42. The molecule has 0 radical (unpaired) electrons. The molecule has 0 aromatic carbocycles. The normalized spacial score (nSPS) is 36.6. The maximum atomic E-state index is 8.73. The Balaban J connectivity index is 1.68. The molecular formula is C12H21NO. The summed E-state index contributed by atoms with van der Waals surface area (Å²) in [5, 5.41) is 12.4. The Morgan fingerprint density at radius 1 is 1.57 bits per heavy atom. The molecule has 1 fully saturated rings. The van der Waals surface area contributed by atoms with Crippen LogP contribution >= 0.6 is 0 Å². The zero-order valence-corrected chi connectivity index (χ0v) is 8.95. The summed E-state index contributed by atoms with van der Waals surface area (Å²) in [4.78, 5) is 0. The Labute approximate surface area is 86.4 Å². The van der Waals surface area contributed by atoms with Crippen molar-refractivity contribution in [2.24, 2.45) is 11.8 Å². The lowest BCUT2D eigenvalue weighted by Gasteiger charge is -2.42. The number of hydrogen-bond acceptors (Lipinski definition) is 2. The predicted molar refractivity (Wildman–Crippen MR) is 58.1 cm³/mol. The summed E-state index contributed by atoms with van der Waals surface area (Å²) in [5.41, 5.74) is 0. The molecule has 2 aliphatic carbocycles. The predicted octanol–water partition coefficient (Wildman–Crippen LogP) is 1.70. The summed E-state index contributed by atoms with van der Waals surface area (Å²) < 4.78 is 0. The maximum Gasteiger partial charge on any atom is 0.0431 e. The van der Waals surface area contributed by atoms with Crippen molar-refractivity contribution in [1.82, 2.24) is 5.32 Å². The average molecular weight is 195 g/mol. The lowest BCUT2D eigenvalue weighted by atomic mass is 9.71. The van der Waals surface area contributed by atoms with Gasteiger partial charge in [0.05, 0.1) is 0 Å². The van der Waals surface area contributed by atoms with Gasteiger partial charge in [-0.1, -0.05) is 12.2 Å². The SMILES string of the molecule is CC(CCCO)NC1CC2CC=CC21. The largest absolute Gasteiger partial charge is 0.396 e. The molecule has 2 nitrogen and oxygen atoms in total. The molecule has 0 aromatic heterocycles. The topological polar surface area (TPSA) is 32.3 Å². The van der Waals surface area contributed by atoms with Gasteiger partial charge in [-0.15, -0.1) is 0 Å². The van der Waals surface area contributed by atoms with Gasteiger partial charge in [-0.3, -0.25) is 0 Å². The second-order valence-corrected chi connectivity index (χ2v) is 4.78. The fourth-order valence-electron chi connectivity index (χ4n) is 2.75. The molecule has 0 bridgehead atoms. The highest BCUT2D eigenvalue weighted by atomic mass is 16.2. The quantitative estimate of drug-likeness (QED) is 0.654. The van der Waals surface area contributed by atoms with Crippen LogP contribution in [0.1, 0.15) is 32.6 Å². The third-order valence-electron chi connectivity index (χ3n) is 3.66. The minimum Gasteiger partial charge on any atom is -0.396 e. The Hall–Kier alpha value is -0.340. The van der Waals surface area contributed by atoms with Crippen molar-refractivity contribution in [1.29, 1.82) is 0 Å². The Kier molecular flexibility index (Phi) is 3.24. The van der Waals surface area contributed by atoms with E-state index in [1.165, 1.54) is 12.8 Å². The van der Waals surface area contributed by atoms with Gasteiger partial charge in [-0.2, -0.15) is 0 Å². The third-order valence-corrected chi connectivity index (χ3v) is 3.66. The van der Waals surface area contributed by atoms with Gasteiger partial charge in [0.1, 0.15) is 0 Å². The summed E-state index contributed by atoms with van der Waals surface area (Å²) in [6, 6.07) is 1.27. The molecule has 0 heterocycles. The third kappa shape index (κ3) is 2.01. The Morgan fingerprint density at radius 3 is 3.14 bits per heavy atom. The molecule has 14 heavy (non-hydrogen) atoms. The van der Waals surface area contributed by atoms with E-state index in [0.717, 1.165) is 24.7 Å². The van der Waals surface area contributed by atoms with E-state index >= 15 is 0 Å². The number of fused-ring (bicyclic) bond motifs is 1. The summed E-state index contributed by atoms with van der Waals surface area (Å²) in [7, 11) is 0. The molecule has 2 heteroatoms. The van der Waals surface area contributed by atoms with Crippen LogP contribution in [0.3, 0.4) is 0 Å². The summed E-state index contributed by atoms with van der Waals surface area (Å²) in [6.07, 6.45) is 9.37. The van der Waals surface area contributed by atoms with Crippen molar-refractivity contribution in [3.05, 3.63) is 12.2 Å². The first-order valence-electron chi connectivity index (χ1n) is 5.85. The Bertz CT molecular complexity index is 214. The van der Waals surface area contributed by atoms with Gasteiger partial charge < -0.3 is 10.4 Å². The number of hydrogen-bond donors (Lipinski definition) is 2. The Morgan fingerprint density at radius 2 is 2.43 bits per heavy atom.